The summed E-state index contributed by atoms with van der Waals surface area (Å²) in [5.74, 6) is 1.05. The van der Waals surface area contributed by atoms with Crippen molar-refractivity contribution in [2.45, 2.75) is 38.5 Å². The van der Waals surface area contributed by atoms with E-state index >= 15 is 0 Å². The molecule has 6 heteroatoms. The van der Waals surface area contributed by atoms with Crippen LogP contribution in [0.25, 0.3) is 0 Å². The van der Waals surface area contributed by atoms with Crippen LogP contribution in [0.4, 0.5) is 4.39 Å². The highest BCUT2D eigenvalue weighted by Gasteiger charge is 2.16. The Kier molecular flexibility index (Phi) is 8.28. The van der Waals surface area contributed by atoms with Crippen LogP contribution in [0.3, 0.4) is 0 Å². The van der Waals surface area contributed by atoms with Crippen molar-refractivity contribution in [1.82, 2.24) is 10.2 Å². The topological polar surface area (TPSA) is 54.0 Å². The molecule has 2 aromatic carbocycles. The van der Waals surface area contributed by atoms with Gasteiger partial charge in [0, 0.05) is 19.6 Å². The normalized spacial score (nSPS) is 15.8. The van der Waals surface area contributed by atoms with E-state index in [0.717, 1.165) is 24.2 Å². The molecule has 1 heterocycles. The molecule has 0 bridgehead atoms. The molecular weight excluding hydrogens is 371 g/mol. The quantitative estimate of drug-likeness (QED) is 0.638. The molecule has 1 unspecified atom stereocenters. The number of benzene rings is 2. The largest absolute Gasteiger partial charge is 0.493 e. The van der Waals surface area contributed by atoms with E-state index in [0.29, 0.717) is 31.1 Å². The highest BCUT2D eigenvalue weighted by atomic mass is 19.1. The summed E-state index contributed by atoms with van der Waals surface area (Å²) >= 11 is 0. The third-order valence-corrected chi connectivity index (χ3v) is 5.15. The van der Waals surface area contributed by atoms with Crippen molar-refractivity contribution in [2.24, 2.45) is 0 Å². The Morgan fingerprint density at radius 1 is 1.00 bits per heavy atom. The van der Waals surface area contributed by atoms with Gasteiger partial charge in [-0.15, -0.1) is 0 Å². The van der Waals surface area contributed by atoms with Crippen LogP contribution < -0.4 is 14.8 Å². The van der Waals surface area contributed by atoms with Gasteiger partial charge >= 0.3 is 0 Å². The molecule has 2 N–H and O–H groups in total. The summed E-state index contributed by atoms with van der Waals surface area (Å²) in [7, 11) is 1.61. The lowest BCUT2D eigenvalue weighted by Crippen LogP contribution is -2.38. The molecule has 5 nitrogen and oxygen atoms in total. The van der Waals surface area contributed by atoms with E-state index in [9.17, 15) is 9.50 Å². The van der Waals surface area contributed by atoms with Gasteiger partial charge in [-0.2, -0.15) is 0 Å². The fraction of sp³-hybridized carbons (Fsp3) is 0.478. The van der Waals surface area contributed by atoms with Crippen LogP contribution in [-0.2, 0) is 13.1 Å². The molecule has 0 saturated carbocycles. The molecule has 0 amide bonds. The number of piperidine rings is 1. The molecule has 0 spiro atoms. The molecular formula is C23H31FN2O3. The first-order valence-corrected chi connectivity index (χ1v) is 10.3. The summed E-state index contributed by atoms with van der Waals surface area (Å²) < 4.78 is 24.3. The lowest BCUT2D eigenvalue weighted by atomic mass is 10.1. The van der Waals surface area contributed by atoms with E-state index in [-0.39, 0.29) is 12.4 Å². The van der Waals surface area contributed by atoms with Gasteiger partial charge in [-0.1, -0.05) is 24.6 Å². The van der Waals surface area contributed by atoms with Crippen LogP contribution in [0, 0.1) is 5.82 Å². The smallest absolute Gasteiger partial charge is 0.161 e. The zero-order valence-corrected chi connectivity index (χ0v) is 17.1. The maximum atomic E-state index is 13.0. The molecule has 0 aliphatic carbocycles. The fourth-order valence-corrected chi connectivity index (χ4v) is 3.58. The van der Waals surface area contributed by atoms with Crippen molar-refractivity contribution in [3.05, 3.63) is 59.4 Å². The Labute approximate surface area is 172 Å². The second kappa shape index (κ2) is 11.1. The molecule has 1 saturated heterocycles. The summed E-state index contributed by atoms with van der Waals surface area (Å²) in [6.07, 6.45) is 3.16. The number of methoxy groups -OCH3 is 1. The minimum absolute atomic E-state index is 0.229. The summed E-state index contributed by atoms with van der Waals surface area (Å²) in [6, 6.07) is 12.3. The van der Waals surface area contributed by atoms with Crippen molar-refractivity contribution < 1.29 is 19.0 Å². The lowest BCUT2D eigenvalue weighted by molar-refractivity contribution is 0.0608. The summed E-state index contributed by atoms with van der Waals surface area (Å²) in [4.78, 5) is 2.30. The van der Waals surface area contributed by atoms with Gasteiger partial charge in [0.15, 0.2) is 11.5 Å². The maximum Gasteiger partial charge on any atom is 0.161 e. The van der Waals surface area contributed by atoms with Gasteiger partial charge in [0.2, 0.25) is 0 Å². The molecule has 1 atom stereocenters. The first-order chi connectivity index (χ1) is 14.1. The Hall–Kier alpha value is -2.15. The van der Waals surface area contributed by atoms with E-state index in [1.54, 1.807) is 19.2 Å². The number of rotatable bonds is 10. The number of likely N-dealkylation sites (tertiary alicyclic amines) is 1. The predicted molar refractivity (Wildman–Crippen MR) is 112 cm³/mol. The van der Waals surface area contributed by atoms with E-state index in [1.807, 2.05) is 18.2 Å². The Bertz CT molecular complexity index is 748. The summed E-state index contributed by atoms with van der Waals surface area (Å²) in [6.45, 7) is 4.27. The standard InChI is InChI=1S/C23H31FN2O3/c1-28-22-10-7-19(15-25-14-18-5-8-20(24)9-6-18)13-23(22)29-17-21(27)16-26-11-3-2-4-12-26/h5-10,13,21,25,27H,2-4,11-12,14-17H2,1H3. The Morgan fingerprint density at radius 2 is 1.69 bits per heavy atom. The molecule has 1 aliphatic rings. The van der Waals surface area contributed by atoms with Gasteiger partial charge in [0.1, 0.15) is 18.5 Å². The van der Waals surface area contributed by atoms with Crippen LogP contribution in [-0.4, -0.2) is 49.5 Å². The number of aliphatic hydroxyl groups excluding tert-OH is 1. The Balaban J connectivity index is 1.50. The number of ether oxygens (including phenoxy) is 2. The van der Waals surface area contributed by atoms with Crippen molar-refractivity contribution in [3.63, 3.8) is 0 Å². The van der Waals surface area contributed by atoms with E-state index in [1.165, 1.54) is 31.4 Å². The van der Waals surface area contributed by atoms with E-state index < -0.39 is 6.10 Å². The average Bonchev–Trinajstić information content (AvgIpc) is 2.74. The lowest BCUT2D eigenvalue weighted by Gasteiger charge is -2.28. The van der Waals surface area contributed by atoms with Crippen LogP contribution in [0.1, 0.15) is 30.4 Å². The number of nitrogens with one attached hydrogen (secondary N) is 1. The van der Waals surface area contributed by atoms with Gasteiger partial charge in [-0.3, -0.25) is 0 Å². The van der Waals surface area contributed by atoms with E-state index in [4.69, 9.17) is 9.47 Å². The van der Waals surface area contributed by atoms with Gasteiger partial charge in [0.05, 0.1) is 7.11 Å². The fourth-order valence-electron chi connectivity index (χ4n) is 3.58. The number of hydrogen-bond donors (Lipinski definition) is 2. The second-order valence-corrected chi connectivity index (χ2v) is 7.54. The zero-order valence-electron chi connectivity index (χ0n) is 17.1. The first-order valence-electron chi connectivity index (χ1n) is 10.3. The maximum absolute atomic E-state index is 13.0. The molecule has 29 heavy (non-hydrogen) atoms. The molecule has 1 aliphatic heterocycles. The number of β-amino-alcohol motifs (C(OH)–C–C–N with tert-alkyl or cyclic N) is 1. The molecule has 158 valence electrons. The highest BCUT2D eigenvalue weighted by Crippen LogP contribution is 2.28. The molecule has 1 fully saturated rings. The number of halogens is 1. The second-order valence-electron chi connectivity index (χ2n) is 7.54. The van der Waals surface area contributed by atoms with Crippen LogP contribution in [0.5, 0.6) is 11.5 Å². The van der Waals surface area contributed by atoms with Gasteiger partial charge < -0.3 is 24.8 Å². The average molecular weight is 403 g/mol. The van der Waals surface area contributed by atoms with Gasteiger partial charge in [-0.25, -0.2) is 4.39 Å². The Morgan fingerprint density at radius 3 is 2.41 bits per heavy atom. The third kappa shape index (κ3) is 6.99. The van der Waals surface area contributed by atoms with Crippen molar-refractivity contribution in [2.75, 3.05) is 33.4 Å². The minimum Gasteiger partial charge on any atom is -0.493 e. The van der Waals surface area contributed by atoms with Crippen molar-refractivity contribution in [1.29, 1.82) is 0 Å². The minimum atomic E-state index is -0.530. The van der Waals surface area contributed by atoms with Crippen LogP contribution in [0.15, 0.2) is 42.5 Å². The number of hydrogen-bond acceptors (Lipinski definition) is 5. The summed E-state index contributed by atoms with van der Waals surface area (Å²) in [5, 5.41) is 13.7. The first kappa shape index (κ1) is 21.6. The monoisotopic (exact) mass is 402 g/mol. The number of nitrogens with zero attached hydrogens (tertiary/aromatic N) is 1. The third-order valence-electron chi connectivity index (χ3n) is 5.15. The van der Waals surface area contributed by atoms with Crippen LogP contribution in [0.2, 0.25) is 0 Å². The van der Waals surface area contributed by atoms with Crippen molar-refractivity contribution in [3.8, 4) is 11.5 Å². The van der Waals surface area contributed by atoms with E-state index in [2.05, 4.69) is 10.2 Å². The van der Waals surface area contributed by atoms with Crippen molar-refractivity contribution >= 4 is 0 Å². The van der Waals surface area contributed by atoms with Gasteiger partial charge in [-0.05, 0) is 61.3 Å². The molecule has 2 aromatic rings. The molecule has 0 aromatic heterocycles. The van der Waals surface area contributed by atoms with Crippen LogP contribution >= 0.6 is 0 Å². The predicted octanol–water partition coefficient (Wildman–Crippen LogP) is 3.35. The molecule has 3 rings (SSSR count). The SMILES string of the molecule is COc1ccc(CNCc2ccc(F)cc2)cc1OCC(O)CN1CCCCC1. The highest BCUT2D eigenvalue weighted by molar-refractivity contribution is 5.43. The zero-order chi connectivity index (χ0) is 20.5. The number of aliphatic hydroxyl groups is 1. The molecule has 0 radical (unpaired) electrons. The summed E-state index contributed by atoms with van der Waals surface area (Å²) in [5.41, 5.74) is 2.07. The van der Waals surface area contributed by atoms with Gasteiger partial charge in [0.25, 0.3) is 0 Å².